The summed E-state index contributed by atoms with van der Waals surface area (Å²) in [5, 5.41) is 19.1. The molecule has 3 aromatic rings. The van der Waals surface area contributed by atoms with Gasteiger partial charge < -0.3 is 21.1 Å². The number of hydrogen-bond acceptors (Lipinski definition) is 5. The zero-order valence-corrected chi connectivity index (χ0v) is 19.0. The van der Waals surface area contributed by atoms with E-state index in [1.54, 1.807) is 0 Å². The zero-order valence-electron chi connectivity index (χ0n) is 19.0. The molecule has 1 aliphatic heterocycles. The number of aromatic nitrogens is 1. The summed E-state index contributed by atoms with van der Waals surface area (Å²) in [4.78, 5) is 19.8. The molecule has 0 unspecified atom stereocenters. The molecule has 0 saturated carbocycles. The molecule has 6 nitrogen and oxygen atoms in total. The Kier molecular flexibility index (Phi) is 5.41. The van der Waals surface area contributed by atoms with Crippen LogP contribution in [0.5, 0.6) is 0 Å². The number of piperidine rings is 1. The molecule has 33 heavy (non-hydrogen) atoms. The first-order chi connectivity index (χ1) is 15.9. The highest BCUT2D eigenvalue weighted by Gasteiger charge is 2.30. The normalized spacial score (nSPS) is 17.6. The van der Waals surface area contributed by atoms with Crippen LogP contribution in [0.4, 0.5) is 5.69 Å². The number of aliphatic hydroxyl groups is 1. The SMILES string of the molecule is CC1(O)CCN(C(=O)c2ccc(-c3nc4ccc(N)c(C=N)c4c4c3CCCC4)cc2)CC1. The fourth-order valence-electron chi connectivity index (χ4n) is 5.20. The highest BCUT2D eigenvalue weighted by molar-refractivity contribution is 6.05. The van der Waals surface area contributed by atoms with Gasteiger partial charge in [0.15, 0.2) is 0 Å². The van der Waals surface area contributed by atoms with E-state index in [9.17, 15) is 9.90 Å². The van der Waals surface area contributed by atoms with Gasteiger partial charge in [0.1, 0.15) is 0 Å². The summed E-state index contributed by atoms with van der Waals surface area (Å²) in [5.74, 6) is 0.0108. The summed E-state index contributed by atoms with van der Waals surface area (Å²) in [6.45, 7) is 2.98. The Morgan fingerprint density at radius 1 is 1.09 bits per heavy atom. The second-order valence-corrected chi connectivity index (χ2v) is 9.60. The van der Waals surface area contributed by atoms with Crippen LogP contribution < -0.4 is 5.73 Å². The quantitative estimate of drug-likeness (QED) is 0.414. The average Bonchev–Trinajstić information content (AvgIpc) is 2.83. The summed E-state index contributed by atoms with van der Waals surface area (Å²) in [6.07, 6.45) is 6.70. The third-order valence-electron chi connectivity index (χ3n) is 7.22. The number of nitrogen functional groups attached to an aromatic ring is 1. The number of nitrogens with zero attached hydrogens (tertiary/aromatic N) is 2. The zero-order chi connectivity index (χ0) is 23.2. The van der Waals surface area contributed by atoms with Gasteiger partial charge in [-0.15, -0.1) is 0 Å². The van der Waals surface area contributed by atoms with Gasteiger partial charge in [0, 0.05) is 47.1 Å². The molecule has 1 fully saturated rings. The third kappa shape index (κ3) is 3.89. The number of carbonyl (C=O) groups is 1. The van der Waals surface area contributed by atoms with Crippen LogP contribution in [0.3, 0.4) is 0 Å². The Hall–Kier alpha value is -3.25. The van der Waals surface area contributed by atoms with Crippen LogP contribution in [-0.4, -0.2) is 45.8 Å². The maximum absolute atomic E-state index is 13.0. The molecular weight excluding hydrogens is 412 g/mol. The number of carbonyl (C=O) groups excluding carboxylic acids is 1. The van der Waals surface area contributed by atoms with Crippen LogP contribution in [-0.2, 0) is 12.8 Å². The van der Waals surface area contributed by atoms with Gasteiger partial charge in [0.2, 0.25) is 0 Å². The van der Waals surface area contributed by atoms with E-state index in [0.717, 1.165) is 53.4 Å². The Morgan fingerprint density at radius 2 is 1.76 bits per heavy atom. The molecule has 2 aromatic carbocycles. The van der Waals surface area contributed by atoms with Crippen molar-refractivity contribution in [3.05, 3.63) is 58.7 Å². The number of aryl methyl sites for hydroxylation is 1. The predicted molar refractivity (Wildman–Crippen MR) is 132 cm³/mol. The van der Waals surface area contributed by atoms with E-state index in [1.165, 1.54) is 17.3 Å². The lowest BCUT2D eigenvalue weighted by Crippen LogP contribution is -2.45. The molecule has 1 aliphatic carbocycles. The molecule has 2 aliphatic rings. The second-order valence-electron chi connectivity index (χ2n) is 9.60. The van der Waals surface area contributed by atoms with Crippen LogP contribution >= 0.6 is 0 Å². The number of anilines is 1. The molecule has 4 N–H and O–H groups in total. The molecular formula is C27H30N4O2. The number of amides is 1. The van der Waals surface area contributed by atoms with E-state index in [4.69, 9.17) is 16.1 Å². The molecule has 5 rings (SSSR count). The van der Waals surface area contributed by atoms with Crippen LogP contribution in [0.2, 0.25) is 0 Å². The highest BCUT2D eigenvalue weighted by Crippen LogP contribution is 2.37. The van der Waals surface area contributed by atoms with Gasteiger partial charge in [-0.3, -0.25) is 4.79 Å². The minimum absolute atomic E-state index is 0.0108. The van der Waals surface area contributed by atoms with Gasteiger partial charge in [0.05, 0.1) is 16.8 Å². The van der Waals surface area contributed by atoms with E-state index in [1.807, 2.05) is 48.2 Å². The minimum Gasteiger partial charge on any atom is -0.398 e. The first-order valence-corrected chi connectivity index (χ1v) is 11.7. The van der Waals surface area contributed by atoms with Crippen molar-refractivity contribution < 1.29 is 9.90 Å². The smallest absolute Gasteiger partial charge is 0.253 e. The molecule has 6 heteroatoms. The van der Waals surface area contributed by atoms with Crippen molar-refractivity contribution >= 4 is 28.7 Å². The van der Waals surface area contributed by atoms with Crippen molar-refractivity contribution in [1.82, 2.24) is 9.88 Å². The predicted octanol–water partition coefficient (Wildman–Crippen LogP) is 4.35. The number of nitrogens with two attached hydrogens (primary N) is 1. The fraction of sp³-hybridized carbons (Fsp3) is 0.370. The van der Waals surface area contributed by atoms with Gasteiger partial charge >= 0.3 is 0 Å². The number of benzene rings is 2. The van der Waals surface area contributed by atoms with Crippen LogP contribution in [0.1, 0.15) is 59.7 Å². The van der Waals surface area contributed by atoms with E-state index >= 15 is 0 Å². The van der Waals surface area contributed by atoms with Crippen molar-refractivity contribution in [2.24, 2.45) is 0 Å². The average molecular weight is 443 g/mol. The Labute approximate surface area is 193 Å². The monoisotopic (exact) mass is 442 g/mol. The highest BCUT2D eigenvalue weighted by atomic mass is 16.3. The van der Waals surface area contributed by atoms with Gasteiger partial charge in [-0.05, 0) is 80.8 Å². The first-order valence-electron chi connectivity index (χ1n) is 11.7. The van der Waals surface area contributed by atoms with Gasteiger partial charge in [0.25, 0.3) is 5.91 Å². The second kappa shape index (κ2) is 8.27. The van der Waals surface area contributed by atoms with E-state index < -0.39 is 5.60 Å². The molecule has 0 atom stereocenters. The number of rotatable bonds is 3. The van der Waals surface area contributed by atoms with Crippen molar-refractivity contribution in [3.8, 4) is 11.3 Å². The Morgan fingerprint density at radius 3 is 2.42 bits per heavy atom. The van der Waals surface area contributed by atoms with Crippen LogP contribution in [0.15, 0.2) is 36.4 Å². The summed E-state index contributed by atoms with van der Waals surface area (Å²) >= 11 is 0. The summed E-state index contributed by atoms with van der Waals surface area (Å²) < 4.78 is 0. The topological polar surface area (TPSA) is 103 Å². The van der Waals surface area contributed by atoms with Crippen molar-refractivity contribution in [1.29, 1.82) is 5.41 Å². The Bertz CT molecular complexity index is 1240. The van der Waals surface area contributed by atoms with Crippen LogP contribution in [0, 0.1) is 5.41 Å². The lowest BCUT2D eigenvalue weighted by Gasteiger charge is -2.35. The van der Waals surface area contributed by atoms with Gasteiger partial charge in [-0.25, -0.2) is 4.98 Å². The maximum Gasteiger partial charge on any atom is 0.253 e. The fourth-order valence-corrected chi connectivity index (χ4v) is 5.20. The molecule has 1 amide bonds. The molecule has 0 bridgehead atoms. The summed E-state index contributed by atoms with van der Waals surface area (Å²) in [6, 6.07) is 11.5. The van der Waals surface area contributed by atoms with Crippen molar-refractivity contribution in [3.63, 3.8) is 0 Å². The number of pyridine rings is 1. The molecule has 170 valence electrons. The minimum atomic E-state index is -0.677. The van der Waals surface area contributed by atoms with Gasteiger partial charge in [-0.1, -0.05) is 12.1 Å². The lowest BCUT2D eigenvalue weighted by atomic mass is 9.84. The van der Waals surface area contributed by atoms with Crippen molar-refractivity contribution in [2.45, 2.75) is 51.0 Å². The lowest BCUT2D eigenvalue weighted by molar-refractivity contribution is -0.00202. The summed E-state index contributed by atoms with van der Waals surface area (Å²) in [5.41, 5.74) is 12.8. The molecule has 1 saturated heterocycles. The molecule has 1 aromatic heterocycles. The van der Waals surface area contributed by atoms with E-state index in [0.29, 0.717) is 37.2 Å². The van der Waals surface area contributed by atoms with Crippen LogP contribution in [0.25, 0.3) is 22.2 Å². The van der Waals surface area contributed by atoms with Crippen molar-refractivity contribution in [2.75, 3.05) is 18.8 Å². The first kappa shape index (κ1) is 21.6. The number of hydrogen-bond donors (Lipinski definition) is 3. The molecule has 0 spiro atoms. The molecule has 0 radical (unpaired) electrons. The standard InChI is InChI=1S/C27H30N4O2/c1-27(33)12-14-31(15-13-27)26(32)18-8-6-17(7-9-18)25-20-5-3-2-4-19(20)24-21(16-28)22(29)10-11-23(24)30-25/h6-11,16,28,33H,2-5,12-15,29H2,1H3. The van der Waals surface area contributed by atoms with Gasteiger partial charge in [-0.2, -0.15) is 0 Å². The largest absolute Gasteiger partial charge is 0.398 e. The summed E-state index contributed by atoms with van der Waals surface area (Å²) in [7, 11) is 0. The van der Waals surface area contributed by atoms with E-state index in [2.05, 4.69) is 0 Å². The number of likely N-dealkylation sites (tertiary alicyclic amines) is 1. The third-order valence-corrected chi connectivity index (χ3v) is 7.22. The number of fused-ring (bicyclic) bond motifs is 3. The maximum atomic E-state index is 13.0. The molecule has 2 heterocycles. The Balaban J connectivity index is 1.52. The van der Waals surface area contributed by atoms with E-state index in [-0.39, 0.29) is 5.91 Å². The number of nitrogens with one attached hydrogen (secondary N) is 1.